The number of amidine groups is 4. The summed E-state index contributed by atoms with van der Waals surface area (Å²) in [5, 5.41) is 25.5. The Hall–Kier alpha value is -14.4. The maximum atomic E-state index is 5.56. The van der Waals surface area contributed by atoms with E-state index in [1.54, 1.807) is 0 Å². The van der Waals surface area contributed by atoms with Crippen molar-refractivity contribution in [3.63, 3.8) is 0 Å². The minimum absolute atomic E-state index is 0. The Kier molecular flexibility index (Phi) is 14.7. The van der Waals surface area contributed by atoms with Crippen molar-refractivity contribution < 1.29 is 32.7 Å². The first-order valence-corrected chi connectivity index (χ1v) is 39.7. The number of nitrogens with zero attached hydrogens (tertiary/aromatic N) is 16. The molecular weight excluding hydrogens is 1530 g/mol. The number of hydrogen-bond acceptors (Lipinski definition) is 13. The summed E-state index contributed by atoms with van der Waals surface area (Å²) < 4.78 is 4.76. The van der Waals surface area contributed by atoms with Crippen molar-refractivity contribution in [2.45, 2.75) is 0 Å². The van der Waals surface area contributed by atoms with E-state index < -0.39 is 17.9 Å². The Labute approximate surface area is 678 Å². The molecule has 5 aromatic heterocycles. The molecular formula is C96H51GaN16O2Ti-. The molecule has 116 heavy (non-hydrogen) atoms. The second kappa shape index (κ2) is 25.3. The van der Waals surface area contributed by atoms with Gasteiger partial charge in [-0.25, -0.2) is 9.97 Å². The number of aliphatic imine (C=N–C) groups is 4. The third-order valence-electron chi connectivity index (χ3n) is 23.1. The molecule has 21 aromatic rings. The number of aromatic nitrogens is 10. The first-order valence-electron chi connectivity index (χ1n) is 37.5. The summed E-state index contributed by atoms with van der Waals surface area (Å²) in [5.74, 6) is 6.46. The topological polar surface area (TPSA) is 251 Å². The van der Waals surface area contributed by atoms with Gasteiger partial charge in [0.1, 0.15) is 0 Å². The van der Waals surface area contributed by atoms with E-state index in [-0.39, 0.29) is 32.7 Å². The summed E-state index contributed by atoms with van der Waals surface area (Å²) in [6.45, 7) is 0. The molecule has 0 saturated carbocycles. The first-order chi connectivity index (χ1) is 55.8. The molecule has 6 aliphatic rings. The van der Waals surface area contributed by atoms with Crippen LogP contribution in [0.25, 0.3) is 197 Å². The molecule has 20 heteroatoms. The van der Waals surface area contributed by atoms with Gasteiger partial charge in [0.05, 0.1) is 23.3 Å². The van der Waals surface area contributed by atoms with Crippen molar-refractivity contribution in [3.05, 3.63) is 324 Å². The molecule has 27 rings (SSSR count). The number of benzene rings is 16. The molecule has 0 spiro atoms. The summed E-state index contributed by atoms with van der Waals surface area (Å²) in [5.41, 5.74) is 11.2. The van der Waals surface area contributed by atoms with E-state index in [2.05, 4.69) is 249 Å². The van der Waals surface area contributed by atoms with Gasteiger partial charge in [0.25, 0.3) is 0 Å². The molecule has 18 nitrogen and oxygen atoms in total. The Balaban J connectivity index is 0.000000133. The average molecular weight is 1580 g/mol. The number of hydrogen-bond donors (Lipinski definition) is 0. The van der Waals surface area contributed by atoms with Gasteiger partial charge in [-0.1, -0.05) is 97.1 Å². The minimum atomic E-state index is -1.77. The molecule has 535 valence electrons. The molecule has 1 radical (unpaired) electrons. The zero-order valence-electron chi connectivity index (χ0n) is 60.9. The number of fused-ring (bicyclic) bond motifs is 42. The second-order valence-corrected chi connectivity index (χ2v) is 32.2. The van der Waals surface area contributed by atoms with E-state index in [9.17, 15) is 0 Å². The van der Waals surface area contributed by atoms with Crippen molar-refractivity contribution in [1.29, 1.82) is 0 Å². The molecule has 0 saturated heterocycles. The van der Waals surface area contributed by atoms with Crippen molar-refractivity contribution >= 4 is 205 Å². The normalized spacial score (nSPS) is 13.2. The van der Waals surface area contributed by atoms with Gasteiger partial charge < -0.3 is 40.9 Å². The fourth-order valence-electron chi connectivity index (χ4n) is 17.5. The molecule has 16 aromatic carbocycles. The Morgan fingerprint density at radius 1 is 0.216 bits per heavy atom. The van der Waals surface area contributed by atoms with Crippen molar-refractivity contribution in [3.8, 4) is 45.6 Å². The van der Waals surface area contributed by atoms with E-state index >= 15 is 0 Å². The molecule has 3 N–H and O–H groups in total. The quantitative estimate of drug-likeness (QED) is 0.131. The fraction of sp³-hybridized carbons (Fsp3) is 0. The Morgan fingerprint density at radius 3 is 0.672 bits per heavy atom. The molecule has 11 heterocycles. The summed E-state index contributed by atoms with van der Waals surface area (Å²) in [7, 11) is 0. The standard InChI is InChI=1S/2C48H24N8.Ga.2H2O.Ti/c2*1-2-10-26-18-34-33(17-25(26)9-1)41-49-42(34)54-44-37-21-29-13-5-6-14-30(29)22-38(37)46(51-44)56-48-40-24-32-16-8-7-15-31(32)23-39(40)47(52-48)55-45-36-20-28-12-4-3-11-27(28)19-35(36)43(50-45)53-41;;;;/h2*1-24H;;2*1H2;/q2*-2;+2;;;+2/p-1. The molecule has 0 unspecified atom stereocenters. The van der Waals surface area contributed by atoms with Crippen LogP contribution in [0, 0.1) is 0 Å². The maximum absolute atomic E-state index is 5.56. The monoisotopic (exact) mass is 1580 g/mol. The predicted octanol–water partition coefficient (Wildman–Crippen LogP) is 18.8. The summed E-state index contributed by atoms with van der Waals surface area (Å²) >= 11 is -1.77. The van der Waals surface area contributed by atoms with Gasteiger partial charge in [-0.2, -0.15) is 0 Å². The zero-order chi connectivity index (χ0) is 73.4. The SMILES string of the molecule is O.[OH-].[Ti+2].c1ccc2cc3c(cc2c1)-c1nc-3nc2[n-]c(nc3nc(nc4[n-]c(n1)c1cc5ccccc5cc41)-c1cc4ccccc4cc1-3)c1cc3ccccc3cc21.c1ccc2cc3c(cc2c1)C1=NC3=Nc2c3cc4ccccc4cc3c3[n]2[Ga][n]2c(c4cc5ccccc5cc4c2=NC2=NC(=N3)c3cc4ccccc4cc32)=N1. The van der Waals surface area contributed by atoms with Crippen molar-refractivity contribution in [2.24, 2.45) is 30.0 Å². The summed E-state index contributed by atoms with van der Waals surface area (Å²) in [4.78, 5) is 74.4. The molecule has 0 fully saturated rings. The average Bonchev–Trinajstić information content (AvgIpc) is 1.54. The van der Waals surface area contributed by atoms with Crippen molar-refractivity contribution in [2.75, 3.05) is 0 Å². The van der Waals surface area contributed by atoms with Crippen LogP contribution in [-0.4, -0.2) is 88.6 Å². The van der Waals surface area contributed by atoms with Crippen LogP contribution in [0.1, 0.15) is 22.3 Å². The molecule has 0 amide bonds. The summed E-state index contributed by atoms with van der Waals surface area (Å²) in [6.07, 6.45) is 0. The van der Waals surface area contributed by atoms with Crippen molar-refractivity contribution in [1.82, 2.24) is 46.4 Å². The van der Waals surface area contributed by atoms with Crippen LogP contribution in [-0.2, 0) is 21.7 Å². The van der Waals surface area contributed by atoms with E-state index in [1.165, 1.54) is 0 Å². The van der Waals surface area contributed by atoms with Gasteiger partial charge in [0, 0.05) is 44.8 Å². The van der Waals surface area contributed by atoms with E-state index in [0.717, 1.165) is 196 Å². The van der Waals surface area contributed by atoms with Gasteiger partial charge in [-0.05, 0) is 113 Å². The van der Waals surface area contributed by atoms with E-state index in [4.69, 9.17) is 69.8 Å². The fourth-order valence-corrected chi connectivity index (χ4v) is 20.6. The summed E-state index contributed by atoms with van der Waals surface area (Å²) in [6, 6.07) is 102. The van der Waals surface area contributed by atoms with Crippen LogP contribution in [0.2, 0.25) is 0 Å². The van der Waals surface area contributed by atoms with E-state index in [0.29, 0.717) is 69.2 Å². The van der Waals surface area contributed by atoms with Crippen LogP contribution in [0.4, 0.5) is 11.6 Å². The first kappa shape index (κ1) is 67.3. The third kappa shape index (κ3) is 10.1. The Bertz CT molecular complexity index is 7870. The van der Waals surface area contributed by atoms with Crippen LogP contribution < -0.4 is 20.9 Å². The Morgan fingerprint density at radius 2 is 0.422 bits per heavy atom. The van der Waals surface area contributed by atoms with Gasteiger partial charge in [0.15, 0.2) is 0 Å². The predicted molar refractivity (Wildman–Crippen MR) is 461 cm³/mol. The van der Waals surface area contributed by atoms with Crippen LogP contribution >= 0.6 is 0 Å². The van der Waals surface area contributed by atoms with Gasteiger partial charge in [-0.15, -0.1) is 0 Å². The van der Waals surface area contributed by atoms with E-state index in [1.807, 2.05) is 48.5 Å². The second-order valence-electron chi connectivity index (χ2n) is 29.6. The number of rotatable bonds is 0. The molecule has 0 aliphatic carbocycles. The van der Waals surface area contributed by atoms with Gasteiger partial charge in [0.2, 0.25) is 0 Å². The van der Waals surface area contributed by atoms with Gasteiger partial charge >= 0.3 is 355 Å². The molecule has 14 bridgehead atoms. The molecule has 6 aliphatic heterocycles. The van der Waals surface area contributed by atoms with Gasteiger partial charge in [-0.3, -0.25) is 0 Å². The van der Waals surface area contributed by atoms with Crippen LogP contribution in [0.3, 0.4) is 0 Å². The third-order valence-corrected chi connectivity index (χ3v) is 26.1. The zero-order valence-corrected chi connectivity index (χ0v) is 64.9. The molecule has 0 atom stereocenters. The van der Waals surface area contributed by atoms with Crippen LogP contribution in [0.5, 0.6) is 0 Å². The van der Waals surface area contributed by atoms with Crippen LogP contribution in [0.15, 0.2) is 321 Å².